The molecule has 0 bridgehead atoms. The van der Waals surface area contributed by atoms with Gasteiger partial charge in [0.1, 0.15) is 5.52 Å². The summed E-state index contributed by atoms with van der Waals surface area (Å²) in [5.74, 6) is -1.08. The zero-order chi connectivity index (χ0) is 11.2. The van der Waals surface area contributed by atoms with Crippen LogP contribution >= 0.6 is 23.2 Å². The third-order valence-electron chi connectivity index (χ3n) is 1.77. The molecule has 0 aliphatic heterocycles. The molecule has 0 amide bonds. The van der Waals surface area contributed by atoms with Crippen molar-refractivity contribution in [3.8, 4) is 0 Å². The number of aromatic nitrogens is 2. The monoisotopic (exact) mass is 254 g/mol. The first kappa shape index (κ1) is 10.6. The summed E-state index contributed by atoms with van der Waals surface area (Å²) >= 11 is 11.3. The van der Waals surface area contributed by atoms with Crippen LogP contribution in [0.15, 0.2) is 12.1 Å². The first-order valence-corrected chi connectivity index (χ1v) is 4.55. The van der Waals surface area contributed by atoms with Crippen molar-refractivity contribution in [2.24, 2.45) is 0 Å². The van der Waals surface area contributed by atoms with Crippen LogP contribution in [0, 0.1) is 0 Å². The molecule has 2 nitrogen and oxygen atoms in total. The number of hydrogen-bond donors (Lipinski definition) is 1. The van der Waals surface area contributed by atoms with Crippen LogP contribution in [-0.4, -0.2) is 9.97 Å². The summed E-state index contributed by atoms with van der Waals surface area (Å²) in [6.45, 7) is 0. The molecule has 0 aliphatic carbocycles. The summed E-state index contributed by atoms with van der Waals surface area (Å²) in [6.07, 6.45) is -4.52. The van der Waals surface area contributed by atoms with E-state index in [2.05, 4.69) is 9.97 Å². The van der Waals surface area contributed by atoms with Gasteiger partial charge >= 0.3 is 6.18 Å². The Kier molecular flexibility index (Phi) is 2.31. The smallest absolute Gasteiger partial charge is 0.334 e. The molecular formula is C8H3Cl2F3N2. The summed E-state index contributed by atoms with van der Waals surface area (Å²) in [5, 5.41) is 0.342. The minimum absolute atomic E-state index is 0.0633. The number of halogens is 5. The van der Waals surface area contributed by atoms with Crippen molar-refractivity contribution in [1.82, 2.24) is 9.97 Å². The van der Waals surface area contributed by atoms with Crippen molar-refractivity contribution in [1.29, 1.82) is 0 Å². The van der Waals surface area contributed by atoms with E-state index in [-0.39, 0.29) is 21.1 Å². The topological polar surface area (TPSA) is 28.7 Å². The van der Waals surface area contributed by atoms with Crippen molar-refractivity contribution in [2.45, 2.75) is 6.18 Å². The van der Waals surface area contributed by atoms with Gasteiger partial charge in [0.2, 0.25) is 5.82 Å². The second-order valence-corrected chi connectivity index (χ2v) is 3.71. The third-order valence-corrected chi connectivity index (χ3v) is 2.28. The second-order valence-electron chi connectivity index (χ2n) is 2.87. The molecule has 0 unspecified atom stereocenters. The van der Waals surface area contributed by atoms with Gasteiger partial charge in [-0.25, -0.2) is 4.98 Å². The lowest BCUT2D eigenvalue weighted by Crippen LogP contribution is -2.06. The summed E-state index contributed by atoms with van der Waals surface area (Å²) in [5.41, 5.74) is 0.230. The normalized spacial score (nSPS) is 12.3. The van der Waals surface area contributed by atoms with E-state index in [1.54, 1.807) is 0 Å². The molecule has 1 aromatic heterocycles. The Labute approximate surface area is 92.0 Å². The van der Waals surface area contributed by atoms with Gasteiger partial charge in [-0.05, 0) is 12.1 Å². The Balaban J connectivity index is 2.71. The third kappa shape index (κ3) is 1.89. The first-order valence-electron chi connectivity index (χ1n) is 3.80. The van der Waals surface area contributed by atoms with Gasteiger partial charge in [-0.2, -0.15) is 13.2 Å². The molecule has 0 saturated heterocycles. The molecule has 0 radical (unpaired) electrons. The van der Waals surface area contributed by atoms with E-state index in [0.29, 0.717) is 0 Å². The molecule has 7 heteroatoms. The van der Waals surface area contributed by atoms with Crippen molar-refractivity contribution >= 4 is 34.2 Å². The van der Waals surface area contributed by atoms with Crippen LogP contribution in [-0.2, 0) is 6.18 Å². The number of hydrogen-bond acceptors (Lipinski definition) is 1. The predicted molar refractivity (Wildman–Crippen MR) is 51.1 cm³/mol. The van der Waals surface area contributed by atoms with Crippen LogP contribution in [0.1, 0.15) is 5.82 Å². The largest absolute Gasteiger partial charge is 0.449 e. The highest BCUT2D eigenvalue weighted by molar-refractivity contribution is 6.38. The number of alkyl halides is 3. The molecule has 1 aromatic carbocycles. The van der Waals surface area contributed by atoms with Gasteiger partial charge in [0.15, 0.2) is 0 Å². The van der Waals surface area contributed by atoms with E-state index in [1.165, 1.54) is 12.1 Å². The number of rotatable bonds is 0. The van der Waals surface area contributed by atoms with E-state index in [9.17, 15) is 13.2 Å². The molecule has 0 fully saturated rings. The highest BCUT2D eigenvalue weighted by Crippen LogP contribution is 2.32. The fraction of sp³-hybridized carbons (Fsp3) is 0.125. The minimum Gasteiger partial charge on any atom is -0.334 e. The van der Waals surface area contributed by atoms with Crippen LogP contribution in [0.3, 0.4) is 0 Å². The average Bonchev–Trinajstić information content (AvgIpc) is 2.46. The van der Waals surface area contributed by atoms with Crippen molar-refractivity contribution < 1.29 is 13.2 Å². The molecule has 0 saturated carbocycles. The van der Waals surface area contributed by atoms with Crippen molar-refractivity contribution in [3.05, 3.63) is 28.0 Å². The standard InChI is InChI=1S/C8H3Cl2F3N2/c9-3-1-4(10)6-5(2-3)14-7(15-6)8(11,12)13/h1-2H,(H,14,15). The quantitative estimate of drug-likeness (QED) is 0.760. The van der Waals surface area contributed by atoms with Crippen LogP contribution in [0.25, 0.3) is 11.0 Å². The maximum Gasteiger partial charge on any atom is 0.449 e. The summed E-state index contributed by atoms with van der Waals surface area (Å²) in [4.78, 5) is 5.47. The molecule has 0 aliphatic rings. The Hall–Kier alpha value is -0.940. The lowest BCUT2D eigenvalue weighted by atomic mass is 10.3. The zero-order valence-electron chi connectivity index (χ0n) is 6.99. The van der Waals surface area contributed by atoms with Crippen LogP contribution < -0.4 is 0 Å². The van der Waals surface area contributed by atoms with Crippen molar-refractivity contribution in [3.63, 3.8) is 0 Å². The zero-order valence-corrected chi connectivity index (χ0v) is 8.50. The van der Waals surface area contributed by atoms with E-state index in [4.69, 9.17) is 23.2 Å². The van der Waals surface area contributed by atoms with Gasteiger partial charge in [0, 0.05) is 5.02 Å². The maximum atomic E-state index is 12.3. The lowest BCUT2D eigenvalue weighted by molar-refractivity contribution is -0.144. The number of nitrogens with one attached hydrogen (secondary N) is 1. The molecule has 1 heterocycles. The van der Waals surface area contributed by atoms with Crippen LogP contribution in [0.2, 0.25) is 10.0 Å². The number of aromatic amines is 1. The Morgan fingerprint density at radius 2 is 1.87 bits per heavy atom. The SMILES string of the molecule is FC(F)(F)c1nc2c(Cl)cc(Cl)cc2[nH]1. The Morgan fingerprint density at radius 1 is 1.20 bits per heavy atom. The van der Waals surface area contributed by atoms with Crippen molar-refractivity contribution in [2.75, 3.05) is 0 Å². The fourth-order valence-corrected chi connectivity index (χ4v) is 1.71. The van der Waals surface area contributed by atoms with Gasteiger partial charge in [0.25, 0.3) is 0 Å². The maximum absolute atomic E-state index is 12.3. The Morgan fingerprint density at radius 3 is 2.47 bits per heavy atom. The number of nitrogens with zero attached hydrogens (tertiary/aromatic N) is 1. The van der Waals surface area contributed by atoms with Gasteiger partial charge < -0.3 is 4.98 Å². The van der Waals surface area contributed by atoms with Gasteiger partial charge in [0.05, 0.1) is 10.5 Å². The highest BCUT2D eigenvalue weighted by atomic mass is 35.5. The summed E-state index contributed by atoms with van der Waals surface area (Å²) in [7, 11) is 0. The van der Waals surface area contributed by atoms with Gasteiger partial charge in [-0.1, -0.05) is 23.2 Å². The predicted octanol–water partition coefficient (Wildman–Crippen LogP) is 3.89. The molecule has 0 spiro atoms. The van der Waals surface area contributed by atoms with E-state index >= 15 is 0 Å². The molecule has 2 rings (SSSR count). The molecule has 2 aromatic rings. The van der Waals surface area contributed by atoms with E-state index < -0.39 is 12.0 Å². The number of benzene rings is 1. The Bertz CT molecular complexity index is 518. The summed E-state index contributed by atoms with van der Waals surface area (Å²) in [6, 6.07) is 2.68. The van der Waals surface area contributed by atoms with E-state index in [1.807, 2.05) is 0 Å². The van der Waals surface area contributed by atoms with Crippen LogP contribution in [0.5, 0.6) is 0 Å². The molecule has 80 valence electrons. The highest BCUT2D eigenvalue weighted by Gasteiger charge is 2.35. The van der Waals surface area contributed by atoms with Gasteiger partial charge in [-0.3, -0.25) is 0 Å². The van der Waals surface area contributed by atoms with Crippen LogP contribution in [0.4, 0.5) is 13.2 Å². The lowest BCUT2D eigenvalue weighted by Gasteiger charge is -1.98. The fourth-order valence-electron chi connectivity index (χ4n) is 1.18. The number of fused-ring (bicyclic) bond motifs is 1. The average molecular weight is 255 g/mol. The minimum atomic E-state index is -4.52. The van der Waals surface area contributed by atoms with E-state index in [0.717, 1.165) is 0 Å². The molecule has 1 N–H and O–H groups in total. The summed E-state index contributed by atoms with van der Waals surface area (Å²) < 4.78 is 36.9. The second kappa shape index (κ2) is 3.28. The molecule has 15 heavy (non-hydrogen) atoms. The number of H-pyrrole nitrogens is 1. The first-order chi connectivity index (χ1) is 6.88. The van der Waals surface area contributed by atoms with Gasteiger partial charge in [-0.15, -0.1) is 0 Å². The number of imidazole rings is 1. The molecule has 0 atom stereocenters. The molecular weight excluding hydrogens is 252 g/mol.